The zero-order valence-corrected chi connectivity index (χ0v) is 14.2. The quantitative estimate of drug-likeness (QED) is 0.812. The molecular formula is C19H27NO2. The molecule has 3 nitrogen and oxygen atoms in total. The van der Waals surface area contributed by atoms with Crippen molar-refractivity contribution in [3.05, 3.63) is 41.5 Å². The van der Waals surface area contributed by atoms with E-state index in [2.05, 4.69) is 37.3 Å². The predicted molar refractivity (Wildman–Crippen MR) is 90.8 cm³/mol. The third kappa shape index (κ3) is 4.62. The summed E-state index contributed by atoms with van der Waals surface area (Å²) in [5.74, 6) is 0. The molecule has 0 aromatic heterocycles. The van der Waals surface area contributed by atoms with Crippen LogP contribution in [0.1, 0.15) is 51.7 Å². The van der Waals surface area contributed by atoms with Crippen molar-refractivity contribution < 1.29 is 9.53 Å². The highest BCUT2D eigenvalue weighted by molar-refractivity contribution is 5.72. The van der Waals surface area contributed by atoms with Crippen molar-refractivity contribution in [2.75, 3.05) is 13.1 Å². The average molecular weight is 301 g/mol. The van der Waals surface area contributed by atoms with Crippen LogP contribution in [0, 0.1) is 0 Å². The van der Waals surface area contributed by atoms with Crippen LogP contribution in [0.25, 0.3) is 5.57 Å². The van der Waals surface area contributed by atoms with Crippen LogP contribution in [0.2, 0.25) is 0 Å². The fraction of sp³-hybridized carbons (Fsp3) is 0.526. The fourth-order valence-electron chi connectivity index (χ4n) is 2.64. The van der Waals surface area contributed by atoms with E-state index in [0.29, 0.717) is 6.54 Å². The van der Waals surface area contributed by atoms with Crippen LogP contribution in [0.15, 0.2) is 30.3 Å². The van der Waals surface area contributed by atoms with Crippen molar-refractivity contribution in [3.8, 4) is 0 Å². The molecule has 0 aliphatic carbocycles. The topological polar surface area (TPSA) is 29.5 Å². The zero-order chi connectivity index (χ0) is 16.2. The molecule has 1 amide bonds. The standard InChI is InChI=1S/C19H27NO2/c1-5-7-15-8-6-9-17(14-15)16-10-12-20(13-11-16)18(21)22-19(2,3)4/h6,8-10,14H,5,7,11-13H2,1-4H3. The van der Waals surface area contributed by atoms with Gasteiger partial charge in [-0.25, -0.2) is 4.79 Å². The van der Waals surface area contributed by atoms with E-state index in [4.69, 9.17) is 4.74 Å². The van der Waals surface area contributed by atoms with Gasteiger partial charge >= 0.3 is 6.09 Å². The molecule has 0 unspecified atom stereocenters. The monoisotopic (exact) mass is 301 g/mol. The molecule has 0 N–H and O–H groups in total. The van der Waals surface area contributed by atoms with E-state index in [-0.39, 0.29) is 6.09 Å². The van der Waals surface area contributed by atoms with Gasteiger partial charge in [0.2, 0.25) is 0 Å². The van der Waals surface area contributed by atoms with E-state index >= 15 is 0 Å². The Morgan fingerprint density at radius 2 is 2.09 bits per heavy atom. The maximum atomic E-state index is 12.1. The van der Waals surface area contributed by atoms with Gasteiger partial charge in [-0.1, -0.05) is 43.7 Å². The molecule has 1 aliphatic heterocycles. The van der Waals surface area contributed by atoms with Crippen LogP contribution in [0.4, 0.5) is 4.79 Å². The Labute approximate surface area is 134 Å². The Hall–Kier alpha value is -1.77. The molecule has 2 rings (SSSR count). The third-order valence-electron chi connectivity index (χ3n) is 3.70. The summed E-state index contributed by atoms with van der Waals surface area (Å²) in [5.41, 5.74) is 3.57. The number of benzene rings is 1. The summed E-state index contributed by atoms with van der Waals surface area (Å²) in [4.78, 5) is 13.8. The van der Waals surface area contributed by atoms with Gasteiger partial charge in [-0.3, -0.25) is 0 Å². The fourth-order valence-corrected chi connectivity index (χ4v) is 2.64. The Morgan fingerprint density at radius 3 is 2.68 bits per heavy atom. The lowest BCUT2D eigenvalue weighted by atomic mass is 9.97. The lowest BCUT2D eigenvalue weighted by molar-refractivity contribution is 0.0270. The Morgan fingerprint density at radius 1 is 1.32 bits per heavy atom. The minimum Gasteiger partial charge on any atom is -0.444 e. The molecule has 0 bridgehead atoms. The molecule has 0 radical (unpaired) electrons. The van der Waals surface area contributed by atoms with Crippen molar-refractivity contribution in [3.63, 3.8) is 0 Å². The van der Waals surface area contributed by atoms with Gasteiger partial charge in [-0.05, 0) is 50.3 Å². The van der Waals surface area contributed by atoms with Gasteiger partial charge in [0.25, 0.3) is 0 Å². The number of nitrogens with zero attached hydrogens (tertiary/aromatic N) is 1. The van der Waals surface area contributed by atoms with Crippen LogP contribution in [-0.4, -0.2) is 29.7 Å². The number of aryl methyl sites for hydroxylation is 1. The summed E-state index contributed by atoms with van der Waals surface area (Å²) in [7, 11) is 0. The average Bonchev–Trinajstić information content (AvgIpc) is 2.46. The first-order chi connectivity index (χ1) is 10.4. The number of carbonyl (C=O) groups excluding carboxylic acids is 1. The summed E-state index contributed by atoms with van der Waals surface area (Å²) >= 11 is 0. The lowest BCUT2D eigenvalue weighted by Gasteiger charge is -2.29. The summed E-state index contributed by atoms with van der Waals surface area (Å²) in [5, 5.41) is 0. The number of carbonyl (C=O) groups is 1. The summed E-state index contributed by atoms with van der Waals surface area (Å²) in [6.45, 7) is 9.24. The lowest BCUT2D eigenvalue weighted by Crippen LogP contribution is -2.39. The number of hydrogen-bond acceptors (Lipinski definition) is 2. The molecule has 120 valence electrons. The van der Waals surface area contributed by atoms with Crippen LogP contribution in [-0.2, 0) is 11.2 Å². The van der Waals surface area contributed by atoms with Crippen LogP contribution in [0.5, 0.6) is 0 Å². The van der Waals surface area contributed by atoms with Crippen molar-refractivity contribution in [1.82, 2.24) is 4.90 Å². The second kappa shape index (κ2) is 6.99. The first kappa shape index (κ1) is 16.6. The van der Waals surface area contributed by atoms with E-state index < -0.39 is 5.60 Å². The highest BCUT2D eigenvalue weighted by Gasteiger charge is 2.23. The van der Waals surface area contributed by atoms with Gasteiger partial charge < -0.3 is 9.64 Å². The minimum atomic E-state index is -0.435. The van der Waals surface area contributed by atoms with E-state index in [9.17, 15) is 4.79 Å². The second-order valence-electron chi connectivity index (χ2n) is 6.86. The van der Waals surface area contributed by atoms with Gasteiger partial charge in [-0.2, -0.15) is 0 Å². The number of amides is 1. The van der Waals surface area contributed by atoms with Crippen LogP contribution in [0.3, 0.4) is 0 Å². The molecule has 1 heterocycles. The summed E-state index contributed by atoms with van der Waals surface area (Å²) in [6.07, 6.45) is 5.09. The minimum absolute atomic E-state index is 0.220. The molecule has 1 aliphatic rings. The van der Waals surface area contributed by atoms with Crippen molar-refractivity contribution in [2.45, 2.75) is 52.6 Å². The molecular weight excluding hydrogens is 274 g/mol. The van der Waals surface area contributed by atoms with Crippen molar-refractivity contribution in [2.24, 2.45) is 0 Å². The third-order valence-corrected chi connectivity index (χ3v) is 3.70. The number of ether oxygens (including phenoxy) is 1. The largest absolute Gasteiger partial charge is 0.444 e. The van der Waals surface area contributed by atoms with Gasteiger partial charge in [0.15, 0.2) is 0 Å². The Bertz CT molecular complexity index is 555. The smallest absolute Gasteiger partial charge is 0.410 e. The van der Waals surface area contributed by atoms with Crippen LogP contribution < -0.4 is 0 Å². The van der Waals surface area contributed by atoms with Crippen molar-refractivity contribution >= 4 is 11.7 Å². The Balaban J connectivity index is 2.02. The molecule has 0 atom stereocenters. The Kier molecular flexibility index (Phi) is 5.28. The maximum absolute atomic E-state index is 12.1. The molecule has 0 fully saturated rings. The van der Waals surface area contributed by atoms with E-state index in [1.165, 1.54) is 16.7 Å². The second-order valence-corrected chi connectivity index (χ2v) is 6.86. The van der Waals surface area contributed by atoms with E-state index in [1.54, 1.807) is 4.90 Å². The van der Waals surface area contributed by atoms with Crippen LogP contribution >= 0.6 is 0 Å². The van der Waals surface area contributed by atoms with Gasteiger partial charge in [0, 0.05) is 13.1 Å². The van der Waals surface area contributed by atoms with Gasteiger partial charge in [0.05, 0.1) is 0 Å². The van der Waals surface area contributed by atoms with E-state index in [1.807, 2.05) is 20.8 Å². The molecule has 22 heavy (non-hydrogen) atoms. The molecule has 0 saturated carbocycles. The summed E-state index contributed by atoms with van der Waals surface area (Å²) in [6, 6.07) is 8.75. The molecule has 0 spiro atoms. The predicted octanol–water partition coefficient (Wildman–Crippen LogP) is 4.66. The SMILES string of the molecule is CCCc1cccc(C2=CCN(C(=O)OC(C)(C)C)CC2)c1. The molecule has 0 saturated heterocycles. The number of rotatable bonds is 3. The molecule has 3 heteroatoms. The maximum Gasteiger partial charge on any atom is 0.410 e. The molecule has 1 aromatic rings. The highest BCUT2D eigenvalue weighted by Crippen LogP contribution is 2.24. The van der Waals surface area contributed by atoms with Gasteiger partial charge in [-0.15, -0.1) is 0 Å². The van der Waals surface area contributed by atoms with Gasteiger partial charge in [0.1, 0.15) is 5.60 Å². The summed E-state index contributed by atoms with van der Waals surface area (Å²) < 4.78 is 5.43. The first-order valence-electron chi connectivity index (χ1n) is 8.15. The van der Waals surface area contributed by atoms with Crippen molar-refractivity contribution in [1.29, 1.82) is 0 Å². The number of hydrogen-bond donors (Lipinski definition) is 0. The zero-order valence-electron chi connectivity index (χ0n) is 14.2. The van der Waals surface area contributed by atoms with E-state index in [0.717, 1.165) is 25.8 Å². The highest BCUT2D eigenvalue weighted by atomic mass is 16.6. The first-order valence-corrected chi connectivity index (χ1v) is 8.15. The molecule has 1 aromatic carbocycles. The normalized spacial score (nSPS) is 15.5.